The highest BCUT2D eigenvalue weighted by Gasteiger charge is 2.23. The molecule has 3 heterocycles. The summed E-state index contributed by atoms with van der Waals surface area (Å²) < 4.78 is 47.0. The van der Waals surface area contributed by atoms with Crippen molar-refractivity contribution >= 4 is 39.6 Å². The maximum Gasteiger partial charge on any atom is 0.469 e. The van der Waals surface area contributed by atoms with Crippen LogP contribution < -0.4 is 4.74 Å². The molecular formula is C29H36N3O7PS. The maximum absolute atomic E-state index is 12.6. The third kappa shape index (κ3) is 6.99. The van der Waals surface area contributed by atoms with Crippen molar-refractivity contribution in [3.63, 3.8) is 0 Å². The molecule has 0 radical (unpaired) electrons. The summed E-state index contributed by atoms with van der Waals surface area (Å²) in [5.74, 6) is 0.909. The minimum absolute atomic E-state index is 0.0396. The highest BCUT2D eigenvalue weighted by Crippen LogP contribution is 2.40. The SMILES string of the molecule is CCS(=O)(=O)c1cccc(-c2ccc(OCCCN3CCC(COP(=O)(O)O)CC3)c3[nH]c4ncc(C)cc4c23)c1. The molecule has 3 N–H and O–H groups in total. The second kappa shape index (κ2) is 12.2. The fraction of sp³-hybridized carbons (Fsp3) is 0.414. The van der Waals surface area contributed by atoms with Gasteiger partial charge in [-0.2, -0.15) is 0 Å². The monoisotopic (exact) mass is 601 g/mol. The molecule has 0 bridgehead atoms. The number of hydrogen-bond acceptors (Lipinski definition) is 7. The minimum Gasteiger partial charge on any atom is -0.491 e. The molecule has 0 spiro atoms. The summed E-state index contributed by atoms with van der Waals surface area (Å²) in [4.78, 5) is 28.5. The molecule has 12 heteroatoms. The molecule has 41 heavy (non-hydrogen) atoms. The van der Waals surface area contributed by atoms with Crippen molar-refractivity contribution in [3.05, 3.63) is 54.2 Å². The molecule has 5 rings (SSSR count). The predicted molar refractivity (Wildman–Crippen MR) is 159 cm³/mol. The number of piperidine rings is 1. The molecule has 1 aliphatic heterocycles. The molecule has 4 aromatic rings. The molecule has 0 saturated carbocycles. The summed E-state index contributed by atoms with van der Waals surface area (Å²) in [6.07, 6.45) is 4.31. The van der Waals surface area contributed by atoms with Crippen LogP contribution in [0.2, 0.25) is 0 Å². The number of aromatic nitrogens is 2. The lowest BCUT2D eigenvalue weighted by Crippen LogP contribution is -2.36. The Morgan fingerprint density at radius 1 is 1.15 bits per heavy atom. The summed E-state index contributed by atoms with van der Waals surface area (Å²) in [5.41, 5.74) is 4.31. The van der Waals surface area contributed by atoms with Gasteiger partial charge in [0, 0.05) is 23.5 Å². The molecular weight excluding hydrogens is 565 g/mol. The number of rotatable bonds is 11. The van der Waals surface area contributed by atoms with Crippen LogP contribution in [-0.2, 0) is 18.9 Å². The lowest BCUT2D eigenvalue weighted by atomic mass is 9.98. The summed E-state index contributed by atoms with van der Waals surface area (Å²) in [5, 5.41) is 1.90. The van der Waals surface area contributed by atoms with Crippen molar-refractivity contribution in [2.45, 2.75) is 38.0 Å². The zero-order valence-electron chi connectivity index (χ0n) is 23.2. The number of nitrogens with zero attached hydrogens (tertiary/aromatic N) is 2. The van der Waals surface area contributed by atoms with Gasteiger partial charge in [-0.05, 0) is 92.2 Å². The first-order valence-electron chi connectivity index (χ1n) is 13.8. The van der Waals surface area contributed by atoms with Crippen molar-refractivity contribution in [3.8, 4) is 16.9 Å². The van der Waals surface area contributed by atoms with E-state index in [1.165, 1.54) is 0 Å². The Balaban J connectivity index is 1.32. The van der Waals surface area contributed by atoms with Gasteiger partial charge in [-0.15, -0.1) is 0 Å². The van der Waals surface area contributed by atoms with Gasteiger partial charge in [0.05, 0.1) is 29.4 Å². The van der Waals surface area contributed by atoms with Crippen molar-refractivity contribution in [2.24, 2.45) is 5.92 Å². The van der Waals surface area contributed by atoms with E-state index in [0.29, 0.717) is 17.3 Å². The fourth-order valence-corrected chi connectivity index (χ4v) is 6.73. The number of nitrogens with one attached hydrogen (secondary N) is 1. The largest absolute Gasteiger partial charge is 0.491 e. The van der Waals surface area contributed by atoms with Crippen molar-refractivity contribution < 1.29 is 32.0 Å². The van der Waals surface area contributed by atoms with Crippen LogP contribution in [0.15, 0.2) is 53.6 Å². The maximum atomic E-state index is 12.6. The Kier molecular flexibility index (Phi) is 8.84. The Labute approximate surface area is 239 Å². The Morgan fingerprint density at radius 3 is 2.66 bits per heavy atom. The first kappa shape index (κ1) is 29.7. The van der Waals surface area contributed by atoms with Crippen LogP contribution in [0, 0.1) is 12.8 Å². The summed E-state index contributed by atoms with van der Waals surface area (Å²) >= 11 is 0. The quantitative estimate of drug-likeness (QED) is 0.159. The Bertz CT molecular complexity index is 1690. The number of H-pyrrole nitrogens is 1. The van der Waals surface area contributed by atoms with E-state index in [1.807, 2.05) is 31.3 Å². The first-order valence-corrected chi connectivity index (χ1v) is 17.0. The van der Waals surface area contributed by atoms with Gasteiger partial charge in [-0.3, -0.25) is 4.52 Å². The van der Waals surface area contributed by atoms with E-state index in [4.69, 9.17) is 14.5 Å². The number of benzene rings is 2. The van der Waals surface area contributed by atoms with Gasteiger partial charge in [0.15, 0.2) is 9.84 Å². The second-order valence-electron chi connectivity index (χ2n) is 10.6. The molecule has 0 aliphatic carbocycles. The topological polar surface area (TPSA) is 142 Å². The molecule has 0 amide bonds. The average molecular weight is 602 g/mol. The second-order valence-corrected chi connectivity index (χ2v) is 14.1. The standard InChI is InChI=1S/C29H36N3O7PS/c1-3-41(36,37)23-7-4-6-22(17-23)24-8-9-26(28-27(24)25-16-20(2)18-30-29(25)31-28)38-15-5-12-32-13-10-21(11-14-32)19-39-40(33,34)35/h4,6-9,16-18,21H,3,5,10-15,19H2,1-2H3,(H,30,31)(H2,33,34,35). The number of ether oxygens (including phenoxy) is 1. The van der Waals surface area contributed by atoms with Crippen LogP contribution in [0.5, 0.6) is 5.75 Å². The number of aryl methyl sites for hydroxylation is 1. The zero-order valence-corrected chi connectivity index (χ0v) is 25.0. The molecule has 1 fully saturated rings. The zero-order chi connectivity index (χ0) is 29.2. The van der Waals surface area contributed by atoms with Crippen LogP contribution >= 0.6 is 7.82 Å². The van der Waals surface area contributed by atoms with E-state index in [2.05, 4.69) is 25.5 Å². The number of hydrogen-bond donors (Lipinski definition) is 3. The van der Waals surface area contributed by atoms with E-state index < -0.39 is 17.7 Å². The first-order chi connectivity index (χ1) is 19.5. The van der Waals surface area contributed by atoms with Gasteiger partial charge in [-0.25, -0.2) is 18.0 Å². The van der Waals surface area contributed by atoms with Gasteiger partial charge in [0.25, 0.3) is 0 Å². The lowest BCUT2D eigenvalue weighted by molar-refractivity contribution is 0.114. The molecule has 2 aromatic carbocycles. The molecule has 2 aromatic heterocycles. The van der Waals surface area contributed by atoms with Crippen LogP contribution in [0.1, 0.15) is 31.7 Å². The van der Waals surface area contributed by atoms with Gasteiger partial charge in [0.1, 0.15) is 11.4 Å². The number of phosphoric ester groups is 1. The lowest BCUT2D eigenvalue weighted by Gasteiger charge is -2.31. The highest BCUT2D eigenvalue weighted by atomic mass is 32.2. The molecule has 220 valence electrons. The van der Waals surface area contributed by atoms with Crippen LogP contribution in [0.3, 0.4) is 0 Å². The number of sulfone groups is 1. The molecule has 0 atom stereocenters. The van der Waals surface area contributed by atoms with Gasteiger partial charge in [0.2, 0.25) is 0 Å². The number of aromatic amines is 1. The van der Waals surface area contributed by atoms with Crippen molar-refractivity contribution in [1.82, 2.24) is 14.9 Å². The molecule has 10 nitrogen and oxygen atoms in total. The van der Waals surface area contributed by atoms with Gasteiger partial charge < -0.3 is 24.4 Å². The number of likely N-dealkylation sites (tertiary alicyclic amines) is 1. The summed E-state index contributed by atoms with van der Waals surface area (Å²) in [6.45, 7) is 6.81. The van der Waals surface area contributed by atoms with E-state index in [-0.39, 0.29) is 18.3 Å². The minimum atomic E-state index is -4.42. The van der Waals surface area contributed by atoms with Crippen molar-refractivity contribution in [1.29, 1.82) is 0 Å². The van der Waals surface area contributed by atoms with E-state index in [9.17, 15) is 13.0 Å². The third-order valence-corrected chi connectivity index (χ3v) is 9.87. The number of fused-ring (bicyclic) bond motifs is 3. The van der Waals surface area contributed by atoms with E-state index in [1.54, 1.807) is 25.1 Å². The normalized spacial score (nSPS) is 15.6. The molecule has 1 saturated heterocycles. The van der Waals surface area contributed by atoms with Gasteiger partial charge >= 0.3 is 7.82 Å². The smallest absolute Gasteiger partial charge is 0.469 e. The number of pyridine rings is 1. The summed E-state index contributed by atoms with van der Waals surface area (Å²) in [7, 11) is -7.77. The van der Waals surface area contributed by atoms with Crippen molar-refractivity contribution in [2.75, 3.05) is 38.6 Å². The highest BCUT2D eigenvalue weighted by molar-refractivity contribution is 7.91. The van der Waals surface area contributed by atoms with Crippen LogP contribution in [-0.4, -0.2) is 71.7 Å². The molecule has 0 unspecified atom stereocenters. The average Bonchev–Trinajstić information content (AvgIpc) is 3.33. The van der Waals surface area contributed by atoms with Crippen LogP contribution in [0.4, 0.5) is 0 Å². The third-order valence-electron chi connectivity index (χ3n) is 7.65. The predicted octanol–water partition coefficient (Wildman–Crippen LogP) is 5.08. The molecule has 1 aliphatic rings. The Hall–Kier alpha value is -2.79. The van der Waals surface area contributed by atoms with E-state index in [0.717, 1.165) is 77.5 Å². The van der Waals surface area contributed by atoms with Crippen LogP contribution in [0.25, 0.3) is 33.1 Å². The Morgan fingerprint density at radius 2 is 1.93 bits per heavy atom. The number of phosphoric acid groups is 1. The summed E-state index contributed by atoms with van der Waals surface area (Å²) in [6, 6.07) is 13.1. The van der Waals surface area contributed by atoms with E-state index >= 15 is 0 Å². The fourth-order valence-electron chi connectivity index (χ4n) is 5.40. The van der Waals surface area contributed by atoms with Gasteiger partial charge in [-0.1, -0.05) is 19.1 Å².